The Morgan fingerprint density at radius 3 is 2.78 bits per heavy atom. The van der Waals surface area contributed by atoms with Crippen LogP contribution in [0.3, 0.4) is 0 Å². The summed E-state index contributed by atoms with van der Waals surface area (Å²) in [4.78, 5) is 14.5. The molecule has 0 aliphatic heterocycles. The van der Waals surface area contributed by atoms with Crippen molar-refractivity contribution in [3.8, 4) is 0 Å². The van der Waals surface area contributed by atoms with Gasteiger partial charge in [0.05, 0.1) is 22.1 Å². The van der Waals surface area contributed by atoms with Crippen LogP contribution in [0.4, 0.5) is 10.1 Å². The molecule has 2 aromatic rings. The molecule has 1 heterocycles. The van der Waals surface area contributed by atoms with Gasteiger partial charge in [-0.15, -0.1) is 0 Å². The van der Waals surface area contributed by atoms with Crippen LogP contribution in [-0.2, 0) is 5.54 Å². The van der Waals surface area contributed by atoms with Crippen LogP contribution in [0.15, 0.2) is 22.7 Å². The Bertz CT molecular complexity index is 766. The Balaban J connectivity index is 1.84. The van der Waals surface area contributed by atoms with E-state index in [1.807, 2.05) is 0 Å². The second kappa shape index (κ2) is 5.88. The number of benzene rings is 1. The average Bonchev–Trinajstić information content (AvgIpc) is 3.16. The van der Waals surface area contributed by atoms with Gasteiger partial charge < -0.3 is 10.3 Å². The lowest BCUT2D eigenvalue weighted by Crippen LogP contribution is -2.34. The zero-order chi connectivity index (χ0) is 16.4. The van der Waals surface area contributed by atoms with Gasteiger partial charge in [0.1, 0.15) is 5.82 Å². The molecule has 1 aromatic heterocycles. The van der Waals surface area contributed by atoms with Gasteiger partial charge in [0.15, 0.2) is 5.82 Å². The monoisotopic (exact) mass is 318 g/mol. The van der Waals surface area contributed by atoms with E-state index in [1.54, 1.807) is 0 Å². The second-order valence-electron chi connectivity index (χ2n) is 5.61. The first-order chi connectivity index (χ1) is 11.0. The number of nitro groups is 1. The highest BCUT2D eigenvalue weighted by Crippen LogP contribution is 2.34. The summed E-state index contributed by atoms with van der Waals surface area (Å²) in [6.45, 7) is 0. The maximum absolute atomic E-state index is 13.1. The van der Waals surface area contributed by atoms with E-state index in [0.717, 1.165) is 37.8 Å². The van der Waals surface area contributed by atoms with E-state index >= 15 is 0 Å². The van der Waals surface area contributed by atoms with Gasteiger partial charge >= 0.3 is 0 Å². The van der Waals surface area contributed by atoms with E-state index in [-0.39, 0.29) is 17.1 Å². The van der Waals surface area contributed by atoms with E-state index in [4.69, 9.17) is 10.3 Å². The predicted molar refractivity (Wildman–Crippen MR) is 80.6 cm³/mol. The Labute approximate surface area is 131 Å². The molecule has 0 amide bonds. The van der Waals surface area contributed by atoms with Crippen LogP contribution in [-0.4, -0.2) is 15.1 Å². The van der Waals surface area contributed by atoms with Crippen LogP contribution in [0, 0.1) is 15.9 Å². The number of aromatic nitrogens is 2. The molecule has 1 saturated carbocycles. The zero-order valence-corrected chi connectivity index (χ0v) is 12.2. The van der Waals surface area contributed by atoms with Crippen LogP contribution in [0.1, 0.15) is 43.0 Å². The van der Waals surface area contributed by atoms with Crippen molar-refractivity contribution >= 4 is 17.8 Å². The fourth-order valence-electron chi connectivity index (χ4n) is 2.71. The summed E-state index contributed by atoms with van der Waals surface area (Å²) in [5.74, 6) is -0.0150. The molecule has 0 saturated heterocycles. The Morgan fingerprint density at radius 1 is 1.35 bits per heavy atom. The molecule has 1 aromatic carbocycles. The van der Waals surface area contributed by atoms with Crippen molar-refractivity contribution in [1.82, 2.24) is 10.1 Å². The number of nitrogens with zero attached hydrogens (tertiary/aromatic N) is 3. The average molecular weight is 318 g/mol. The third-order valence-corrected chi connectivity index (χ3v) is 3.98. The molecule has 7 nitrogen and oxygen atoms in total. The maximum Gasteiger partial charge on any atom is 0.279 e. The fraction of sp³-hybridized carbons (Fsp3) is 0.333. The van der Waals surface area contributed by atoms with Crippen molar-refractivity contribution in [2.24, 2.45) is 5.73 Å². The van der Waals surface area contributed by atoms with Crippen LogP contribution in [0.25, 0.3) is 12.2 Å². The Hall–Kier alpha value is -2.61. The standard InChI is InChI=1S/C15H15FN4O3/c16-11-5-3-10(12(9-11)20(21)22)4-6-13-18-14(19-23-13)15(17)7-1-2-8-15/h3-6,9H,1-2,7-8,17H2/b6-4+. The minimum absolute atomic E-state index is 0.204. The molecule has 0 spiro atoms. The van der Waals surface area contributed by atoms with Gasteiger partial charge in [0.25, 0.3) is 11.6 Å². The highest BCUT2D eigenvalue weighted by Gasteiger charge is 2.35. The molecule has 0 bridgehead atoms. The maximum atomic E-state index is 13.1. The van der Waals surface area contributed by atoms with Crippen molar-refractivity contribution < 1.29 is 13.8 Å². The number of nitro benzene ring substituents is 1. The van der Waals surface area contributed by atoms with Crippen molar-refractivity contribution in [3.63, 3.8) is 0 Å². The number of hydrogen-bond acceptors (Lipinski definition) is 6. The van der Waals surface area contributed by atoms with Gasteiger partial charge in [-0.05, 0) is 31.1 Å². The van der Waals surface area contributed by atoms with E-state index < -0.39 is 16.3 Å². The summed E-state index contributed by atoms with van der Waals surface area (Å²) in [5.41, 5.74) is 5.61. The van der Waals surface area contributed by atoms with Gasteiger partial charge in [0, 0.05) is 6.08 Å². The lowest BCUT2D eigenvalue weighted by atomic mass is 9.99. The lowest BCUT2D eigenvalue weighted by Gasteiger charge is -2.17. The zero-order valence-electron chi connectivity index (χ0n) is 12.2. The highest BCUT2D eigenvalue weighted by molar-refractivity contribution is 5.71. The summed E-state index contributed by atoms with van der Waals surface area (Å²) in [7, 11) is 0. The molecule has 8 heteroatoms. The molecule has 2 N–H and O–H groups in total. The Kier molecular flexibility index (Phi) is 3.91. The van der Waals surface area contributed by atoms with E-state index in [0.29, 0.717) is 5.82 Å². The molecule has 0 radical (unpaired) electrons. The minimum Gasteiger partial charge on any atom is -0.335 e. The van der Waals surface area contributed by atoms with Crippen molar-refractivity contribution in [3.05, 3.63) is 51.4 Å². The van der Waals surface area contributed by atoms with Crippen LogP contribution < -0.4 is 5.73 Å². The topological polar surface area (TPSA) is 108 Å². The first kappa shape index (κ1) is 15.3. The molecule has 120 valence electrons. The highest BCUT2D eigenvalue weighted by atomic mass is 19.1. The number of hydrogen-bond donors (Lipinski definition) is 1. The quantitative estimate of drug-likeness (QED) is 0.685. The normalized spacial score (nSPS) is 17.0. The molecule has 0 atom stereocenters. The molecular formula is C15H15FN4O3. The number of rotatable bonds is 4. The van der Waals surface area contributed by atoms with Gasteiger partial charge in [-0.1, -0.05) is 18.0 Å². The first-order valence-electron chi connectivity index (χ1n) is 7.23. The van der Waals surface area contributed by atoms with Crippen molar-refractivity contribution in [1.29, 1.82) is 0 Å². The van der Waals surface area contributed by atoms with Crippen LogP contribution >= 0.6 is 0 Å². The second-order valence-corrected chi connectivity index (χ2v) is 5.61. The summed E-state index contributed by atoms with van der Waals surface area (Å²) in [5, 5.41) is 14.8. The smallest absolute Gasteiger partial charge is 0.279 e. The molecule has 23 heavy (non-hydrogen) atoms. The largest absolute Gasteiger partial charge is 0.335 e. The predicted octanol–water partition coefficient (Wildman–Crippen LogP) is 3.02. The number of nitrogens with two attached hydrogens (primary N) is 1. The number of halogens is 1. The van der Waals surface area contributed by atoms with Gasteiger partial charge in [-0.3, -0.25) is 10.1 Å². The minimum atomic E-state index is -0.666. The van der Waals surface area contributed by atoms with E-state index in [1.165, 1.54) is 18.2 Å². The summed E-state index contributed by atoms with van der Waals surface area (Å²) >= 11 is 0. The van der Waals surface area contributed by atoms with E-state index in [2.05, 4.69) is 10.1 Å². The van der Waals surface area contributed by atoms with Crippen molar-refractivity contribution in [2.45, 2.75) is 31.2 Å². The summed E-state index contributed by atoms with van der Waals surface area (Å²) in [6, 6.07) is 3.34. The first-order valence-corrected chi connectivity index (χ1v) is 7.23. The third kappa shape index (κ3) is 3.11. The molecule has 1 aliphatic rings. The lowest BCUT2D eigenvalue weighted by molar-refractivity contribution is -0.385. The van der Waals surface area contributed by atoms with Gasteiger partial charge in [0.2, 0.25) is 0 Å². The summed E-state index contributed by atoms with van der Waals surface area (Å²) in [6.07, 6.45) is 6.55. The van der Waals surface area contributed by atoms with E-state index in [9.17, 15) is 14.5 Å². The molecular weight excluding hydrogens is 303 g/mol. The SMILES string of the molecule is NC1(c2noc(/C=C/c3ccc(F)cc3[N+](=O)[O-])n2)CCCC1. The van der Waals surface area contributed by atoms with Crippen LogP contribution in [0.2, 0.25) is 0 Å². The fourth-order valence-corrected chi connectivity index (χ4v) is 2.71. The van der Waals surface area contributed by atoms with Gasteiger partial charge in [-0.2, -0.15) is 4.98 Å². The molecule has 1 aliphatic carbocycles. The van der Waals surface area contributed by atoms with Crippen molar-refractivity contribution in [2.75, 3.05) is 0 Å². The molecule has 0 unspecified atom stereocenters. The molecule has 3 rings (SSSR count). The molecule has 1 fully saturated rings. The third-order valence-electron chi connectivity index (χ3n) is 3.98. The summed E-state index contributed by atoms with van der Waals surface area (Å²) < 4.78 is 18.2. The van der Waals surface area contributed by atoms with Gasteiger partial charge in [-0.25, -0.2) is 4.39 Å². The van der Waals surface area contributed by atoms with Crippen LogP contribution in [0.5, 0.6) is 0 Å². The Morgan fingerprint density at radius 2 is 2.09 bits per heavy atom.